The van der Waals surface area contributed by atoms with Gasteiger partial charge in [-0.25, -0.2) is 0 Å². The van der Waals surface area contributed by atoms with Crippen LogP contribution in [0.2, 0.25) is 10.0 Å². The van der Waals surface area contributed by atoms with Gasteiger partial charge in [0.2, 0.25) is 5.91 Å². The van der Waals surface area contributed by atoms with Crippen molar-refractivity contribution < 1.29 is 14.7 Å². The summed E-state index contributed by atoms with van der Waals surface area (Å²) in [5.74, 6) is -1.39. The van der Waals surface area contributed by atoms with Crippen molar-refractivity contribution in [3.05, 3.63) is 28.2 Å². The Bertz CT molecular complexity index is 562. The minimum absolute atomic E-state index is 0.131. The predicted molar refractivity (Wildman–Crippen MR) is 85.6 cm³/mol. The smallest absolute Gasteiger partial charge is 0.321 e. The van der Waals surface area contributed by atoms with E-state index in [1.165, 1.54) is 6.07 Å². The molecule has 22 heavy (non-hydrogen) atoms. The minimum Gasteiger partial charge on any atom is -0.480 e. The van der Waals surface area contributed by atoms with Crippen molar-refractivity contribution >= 4 is 40.8 Å². The van der Waals surface area contributed by atoms with Gasteiger partial charge in [-0.1, -0.05) is 23.2 Å². The van der Waals surface area contributed by atoms with Crippen molar-refractivity contribution in [2.24, 2.45) is 0 Å². The first-order valence-corrected chi connectivity index (χ1v) is 7.65. The van der Waals surface area contributed by atoms with Gasteiger partial charge in [-0.3, -0.25) is 14.5 Å². The Kier molecular flexibility index (Phi) is 6.02. The van der Waals surface area contributed by atoms with Gasteiger partial charge in [0, 0.05) is 31.2 Å². The number of aliphatic carboxylic acids is 1. The molecule has 1 aromatic rings. The van der Waals surface area contributed by atoms with Crippen molar-refractivity contribution in [2.75, 3.05) is 31.5 Å². The maximum Gasteiger partial charge on any atom is 0.321 e. The van der Waals surface area contributed by atoms with Gasteiger partial charge in [0.1, 0.15) is 6.04 Å². The summed E-state index contributed by atoms with van der Waals surface area (Å²) in [7, 11) is 0. The number of benzene rings is 1. The van der Waals surface area contributed by atoms with Crippen LogP contribution in [-0.4, -0.2) is 54.1 Å². The van der Waals surface area contributed by atoms with Crippen molar-refractivity contribution in [1.82, 2.24) is 10.2 Å². The minimum atomic E-state index is -1.00. The van der Waals surface area contributed by atoms with Gasteiger partial charge in [-0.05, 0) is 18.2 Å². The molecule has 1 aliphatic rings. The van der Waals surface area contributed by atoms with E-state index >= 15 is 0 Å². The van der Waals surface area contributed by atoms with Crippen LogP contribution in [0, 0.1) is 0 Å². The molecular formula is C14H17Cl2N3O3. The molecule has 0 aromatic heterocycles. The second-order valence-electron chi connectivity index (χ2n) is 5.02. The summed E-state index contributed by atoms with van der Waals surface area (Å²) in [6.45, 7) is 2.64. The molecule has 0 radical (unpaired) electrons. The molecule has 1 atom stereocenters. The Morgan fingerprint density at radius 3 is 2.59 bits per heavy atom. The molecule has 1 amide bonds. The van der Waals surface area contributed by atoms with Crippen LogP contribution in [0.3, 0.4) is 0 Å². The van der Waals surface area contributed by atoms with E-state index < -0.39 is 17.9 Å². The van der Waals surface area contributed by atoms with Crippen molar-refractivity contribution in [3.63, 3.8) is 0 Å². The van der Waals surface area contributed by atoms with Crippen LogP contribution in [0.5, 0.6) is 0 Å². The molecule has 1 heterocycles. The predicted octanol–water partition coefficient (Wildman–Crippen LogP) is 1.68. The lowest BCUT2D eigenvalue weighted by Gasteiger charge is -2.32. The van der Waals surface area contributed by atoms with Crippen LogP contribution in [0.15, 0.2) is 18.2 Å². The molecule has 0 saturated carbocycles. The molecule has 120 valence electrons. The van der Waals surface area contributed by atoms with Crippen LogP contribution in [-0.2, 0) is 9.59 Å². The second kappa shape index (κ2) is 7.78. The molecular weight excluding hydrogens is 329 g/mol. The summed E-state index contributed by atoms with van der Waals surface area (Å²) in [5, 5.41) is 15.9. The SMILES string of the molecule is O=C(CC(C(=O)O)N1CCNCC1)Nc1ccc(Cl)cc1Cl. The zero-order chi connectivity index (χ0) is 16.1. The van der Waals surface area contributed by atoms with E-state index in [4.69, 9.17) is 23.2 Å². The van der Waals surface area contributed by atoms with Gasteiger partial charge in [0.15, 0.2) is 0 Å². The summed E-state index contributed by atoms with van der Waals surface area (Å²) in [5.41, 5.74) is 0.417. The number of hydrogen-bond donors (Lipinski definition) is 3. The van der Waals surface area contributed by atoms with Crippen LogP contribution < -0.4 is 10.6 Å². The summed E-state index contributed by atoms with van der Waals surface area (Å²) < 4.78 is 0. The molecule has 0 aliphatic carbocycles. The molecule has 1 aromatic carbocycles. The fraction of sp³-hybridized carbons (Fsp3) is 0.429. The molecule has 1 saturated heterocycles. The van der Waals surface area contributed by atoms with Gasteiger partial charge >= 0.3 is 5.97 Å². The quantitative estimate of drug-likeness (QED) is 0.756. The second-order valence-corrected chi connectivity index (χ2v) is 5.86. The number of carbonyl (C=O) groups is 2. The zero-order valence-corrected chi connectivity index (χ0v) is 13.3. The van der Waals surface area contributed by atoms with Crippen molar-refractivity contribution in [2.45, 2.75) is 12.5 Å². The monoisotopic (exact) mass is 345 g/mol. The third-order valence-electron chi connectivity index (χ3n) is 3.46. The number of anilines is 1. The third-order valence-corrected chi connectivity index (χ3v) is 4.01. The number of piperazine rings is 1. The number of nitrogens with one attached hydrogen (secondary N) is 2. The van der Waals surface area contributed by atoms with E-state index in [2.05, 4.69) is 10.6 Å². The lowest BCUT2D eigenvalue weighted by Crippen LogP contribution is -2.52. The standard InChI is InChI=1S/C14H17Cl2N3O3/c15-9-1-2-11(10(16)7-9)18-13(20)8-12(14(21)22)19-5-3-17-4-6-19/h1-2,7,12,17H,3-6,8H2,(H,18,20)(H,21,22). The number of nitrogens with zero attached hydrogens (tertiary/aromatic N) is 1. The molecule has 1 unspecified atom stereocenters. The fourth-order valence-electron chi connectivity index (χ4n) is 2.33. The number of carboxylic acid groups (broad SMARTS) is 1. The van der Waals surface area contributed by atoms with Crippen molar-refractivity contribution in [3.8, 4) is 0 Å². The van der Waals surface area contributed by atoms with Crippen LogP contribution in [0.25, 0.3) is 0 Å². The van der Waals surface area contributed by atoms with E-state index in [0.717, 1.165) is 0 Å². The summed E-state index contributed by atoms with van der Waals surface area (Å²) in [6.07, 6.45) is -0.131. The van der Waals surface area contributed by atoms with E-state index in [0.29, 0.717) is 41.9 Å². The Balaban J connectivity index is 2.00. The highest BCUT2D eigenvalue weighted by molar-refractivity contribution is 6.36. The highest BCUT2D eigenvalue weighted by Gasteiger charge is 2.29. The van der Waals surface area contributed by atoms with E-state index in [1.54, 1.807) is 17.0 Å². The lowest BCUT2D eigenvalue weighted by atomic mass is 10.1. The van der Waals surface area contributed by atoms with E-state index in [9.17, 15) is 14.7 Å². The number of carboxylic acids is 1. The average Bonchev–Trinajstić information content (AvgIpc) is 2.48. The maximum absolute atomic E-state index is 12.1. The highest BCUT2D eigenvalue weighted by atomic mass is 35.5. The van der Waals surface area contributed by atoms with Gasteiger partial charge in [0.05, 0.1) is 17.1 Å². The summed E-state index contributed by atoms with van der Waals surface area (Å²) in [4.78, 5) is 25.3. The molecule has 3 N–H and O–H groups in total. The maximum atomic E-state index is 12.1. The lowest BCUT2D eigenvalue weighted by molar-refractivity contribution is -0.145. The molecule has 0 bridgehead atoms. The third kappa shape index (κ3) is 4.58. The van der Waals surface area contributed by atoms with Gasteiger partial charge in [0.25, 0.3) is 0 Å². The Hall–Kier alpha value is -1.34. The molecule has 6 nitrogen and oxygen atoms in total. The van der Waals surface area contributed by atoms with Crippen LogP contribution in [0.4, 0.5) is 5.69 Å². The summed E-state index contributed by atoms with van der Waals surface area (Å²) >= 11 is 11.8. The Morgan fingerprint density at radius 1 is 1.32 bits per heavy atom. The number of carbonyl (C=O) groups excluding carboxylic acids is 1. The highest BCUT2D eigenvalue weighted by Crippen LogP contribution is 2.25. The van der Waals surface area contributed by atoms with Crippen molar-refractivity contribution in [1.29, 1.82) is 0 Å². The number of hydrogen-bond acceptors (Lipinski definition) is 4. The first-order valence-electron chi connectivity index (χ1n) is 6.90. The van der Waals surface area contributed by atoms with E-state index in [-0.39, 0.29) is 6.42 Å². The van der Waals surface area contributed by atoms with Gasteiger partial charge in [-0.15, -0.1) is 0 Å². The fourth-order valence-corrected chi connectivity index (χ4v) is 2.79. The van der Waals surface area contributed by atoms with Crippen LogP contribution in [0.1, 0.15) is 6.42 Å². The Morgan fingerprint density at radius 2 is 2.00 bits per heavy atom. The number of amides is 1. The summed E-state index contributed by atoms with van der Waals surface area (Å²) in [6, 6.07) is 3.87. The number of halogens is 2. The van der Waals surface area contributed by atoms with Crippen LogP contribution >= 0.6 is 23.2 Å². The molecule has 2 rings (SSSR count). The van der Waals surface area contributed by atoms with Gasteiger partial charge in [-0.2, -0.15) is 0 Å². The first kappa shape index (κ1) is 17.0. The zero-order valence-electron chi connectivity index (χ0n) is 11.8. The Labute approximate surface area is 138 Å². The molecule has 1 fully saturated rings. The normalized spacial score (nSPS) is 17.0. The number of rotatable bonds is 5. The molecule has 8 heteroatoms. The topological polar surface area (TPSA) is 81.7 Å². The molecule has 1 aliphatic heterocycles. The molecule has 0 spiro atoms. The van der Waals surface area contributed by atoms with Gasteiger partial charge < -0.3 is 15.7 Å². The average molecular weight is 346 g/mol. The largest absolute Gasteiger partial charge is 0.480 e. The first-order chi connectivity index (χ1) is 10.5. The van der Waals surface area contributed by atoms with E-state index in [1.807, 2.05) is 0 Å².